The van der Waals surface area contributed by atoms with Crippen LogP contribution in [0.15, 0.2) is 34.9 Å². The van der Waals surface area contributed by atoms with Crippen molar-refractivity contribution in [3.63, 3.8) is 0 Å². The lowest BCUT2D eigenvalue weighted by Crippen LogP contribution is -2.03. The molecule has 0 unspecified atom stereocenters. The van der Waals surface area contributed by atoms with Crippen molar-refractivity contribution in [1.82, 2.24) is 5.16 Å². The summed E-state index contributed by atoms with van der Waals surface area (Å²) in [6.07, 6.45) is -1.18. The summed E-state index contributed by atoms with van der Waals surface area (Å²) >= 11 is 1.45. The summed E-state index contributed by atoms with van der Waals surface area (Å²) in [6.45, 7) is 4.02. The second kappa shape index (κ2) is 7.37. The smallest absolute Gasteiger partial charge is 0.398 e. The Balaban J connectivity index is 1.68. The number of aromatic nitrogens is 1. The number of anilines is 1. The predicted octanol–water partition coefficient (Wildman–Crippen LogP) is 6.69. The van der Waals surface area contributed by atoms with Gasteiger partial charge in [0, 0.05) is 26.7 Å². The van der Waals surface area contributed by atoms with Crippen LogP contribution in [0.5, 0.6) is 0 Å². The molecule has 0 radical (unpaired) electrons. The Morgan fingerprint density at radius 3 is 2.59 bits per heavy atom. The van der Waals surface area contributed by atoms with E-state index in [9.17, 15) is 13.2 Å². The number of nitrogens with two attached hydrogens (primary N) is 1. The minimum absolute atomic E-state index is 0.601. The first kappa shape index (κ1) is 19.8. The molecule has 0 aliphatic rings. The number of alkyl halides is 3. The van der Waals surface area contributed by atoms with E-state index in [0.717, 1.165) is 45.3 Å². The largest absolute Gasteiger partial charge is 0.416 e. The zero-order chi connectivity index (χ0) is 20.8. The molecule has 4 rings (SSSR count). The zero-order valence-corrected chi connectivity index (χ0v) is 17.0. The molecule has 4 aromatic rings. The minimum atomic E-state index is -4.33. The second-order valence-corrected chi connectivity index (χ2v) is 8.43. The molecule has 0 atom stereocenters. The molecular weight excluding hydrogens is 397 g/mol. The molecule has 2 aromatic heterocycles. The van der Waals surface area contributed by atoms with Crippen LogP contribution in [0.3, 0.4) is 0 Å². The van der Waals surface area contributed by atoms with Crippen LogP contribution in [0.4, 0.5) is 18.9 Å². The van der Waals surface area contributed by atoms with Crippen molar-refractivity contribution >= 4 is 38.1 Å². The zero-order valence-electron chi connectivity index (χ0n) is 16.2. The summed E-state index contributed by atoms with van der Waals surface area (Å²) in [7, 11) is 0. The highest BCUT2D eigenvalue weighted by atomic mass is 32.1. The van der Waals surface area contributed by atoms with Crippen LogP contribution < -0.4 is 5.73 Å². The quantitative estimate of drug-likeness (QED) is 0.367. The Labute approximate surface area is 170 Å². The fourth-order valence-corrected chi connectivity index (χ4v) is 4.97. The van der Waals surface area contributed by atoms with E-state index < -0.39 is 11.7 Å². The lowest BCUT2D eigenvalue weighted by Gasteiger charge is -2.06. The van der Waals surface area contributed by atoms with Crippen LogP contribution >= 0.6 is 11.3 Å². The maximum absolute atomic E-state index is 13.1. The van der Waals surface area contributed by atoms with Gasteiger partial charge in [-0.25, -0.2) is 0 Å². The first-order chi connectivity index (χ1) is 13.8. The molecule has 2 aromatic carbocycles. The maximum atomic E-state index is 13.1. The summed E-state index contributed by atoms with van der Waals surface area (Å²) in [5.41, 5.74) is 9.61. The number of hydrogen-bond acceptors (Lipinski definition) is 4. The number of benzene rings is 2. The fourth-order valence-electron chi connectivity index (χ4n) is 3.67. The highest BCUT2D eigenvalue weighted by molar-refractivity contribution is 7.19. The molecular formula is C22H21F3N2OS. The van der Waals surface area contributed by atoms with E-state index in [1.54, 1.807) is 12.1 Å². The van der Waals surface area contributed by atoms with Gasteiger partial charge in [0.1, 0.15) is 0 Å². The van der Waals surface area contributed by atoms with E-state index in [0.29, 0.717) is 28.8 Å². The molecule has 29 heavy (non-hydrogen) atoms. The maximum Gasteiger partial charge on any atom is 0.416 e. The topological polar surface area (TPSA) is 52.0 Å². The fraction of sp³-hybridized carbons (Fsp3) is 0.318. The lowest BCUT2D eigenvalue weighted by atomic mass is 10.0. The van der Waals surface area contributed by atoms with Gasteiger partial charge in [-0.2, -0.15) is 13.2 Å². The minimum Gasteiger partial charge on any atom is -0.398 e. The number of nitrogen functional groups attached to an aromatic ring is 1. The number of rotatable bonds is 5. The van der Waals surface area contributed by atoms with Gasteiger partial charge in [0.2, 0.25) is 0 Å². The molecule has 0 spiro atoms. The van der Waals surface area contributed by atoms with Crippen molar-refractivity contribution in [3.8, 4) is 0 Å². The number of nitrogens with zero attached hydrogens (tertiary/aromatic N) is 1. The van der Waals surface area contributed by atoms with Crippen molar-refractivity contribution < 1.29 is 17.7 Å². The number of halogens is 3. The molecule has 3 nitrogen and oxygen atoms in total. The Kier molecular flexibility index (Phi) is 5.02. The standard InChI is InChI=1S/C22H21F3N2OS/c1-3-4-14-15-6-5-13(22(23,24)25)10-21(15)29-20(14)8-7-18-16-9-12(2)17(26)11-19(16)28-27-18/h5-6,9-11H,3-4,7-8,26H2,1-2H3. The van der Waals surface area contributed by atoms with Gasteiger partial charge in [-0.3, -0.25) is 0 Å². The predicted molar refractivity (Wildman–Crippen MR) is 111 cm³/mol. The average molecular weight is 418 g/mol. The van der Waals surface area contributed by atoms with Crippen LogP contribution in [-0.2, 0) is 25.4 Å². The molecule has 2 N–H and O–H groups in total. The molecule has 152 valence electrons. The number of aryl methyl sites for hydroxylation is 4. The van der Waals surface area contributed by atoms with Gasteiger partial charge in [-0.1, -0.05) is 24.6 Å². The summed E-state index contributed by atoms with van der Waals surface area (Å²) in [5.74, 6) is 0. The van der Waals surface area contributed by atoms with E-state index in [4.69, 9.17) is 10.3 Å². The van der Waals surface area contributed by atoms with E-state index in [1.807, 2.05) is 13.0 Å². The molecule has 0 fully saturated rings. The van der Waals surface area contributed by atoms with Crippen molar-refractivity contribution in [1.29, 1.82) is 0 Å². The van der Waals surface area contributed by atoms with Crippen LogP contribution in [0.25, 0.3) is 21.1 Å². The third-order valence-corrected chi connectivity index (χ3v) is 6.48. The summed E-state index contributed by atoms with van der Waals surface area (Å²) < 4.78 is 45.4. The van der Waals surface area contributed by atoms with Crippen molar-refractivity contribution in [3.05, 3.63) is 57.6 Å². The van der Waals surface area contributed by atoms with Gasteiger partial charge in [-0.05, 0) is 60.9 Å². The molecule has 0 bridgehead atoms. The first-order valence-corrected chi connectivity index (χ1v) is 10.4. The molecule has 2 heterocycles. The van der Waals surface area contributed by atoms with Gasteiger partial charge in [0.25, 0.3) is 0 Å². The Bertz CT molecular complexity index is 1190. The number of thiophene rings is 1. The van der Waals surface area contributed by atoms with Crippen LogP contribution in [0, 0.1) is 6.92 Å². The summed E-state index contributed by atoms with van der Waals surface area (Å²) in [4.78, 5) is 1.12. The van der Waals surface area contributed by atoms with E-state index in [2.05, 4.69) is 12.1 Å². The highest BCUT2D eigenvalue weighted by Crippen LogP contribution is 2.38. The van der Waals surface area contributed by atoms with Crippen LogP contribution in [-0.4, -0.2) is 5.16 Å². The van der Waals surface area contributed by atoms with Crippen LogP contribution in [0.2, 0.25) is 0 Å². The molecule has 0 amide bonds. The van der Waals surface area contributed by atoms with Gasteiger partial charge >= 0.3 is 6.18 Å². The Morgan fingerprint density at radius 2 is 1.86 bits per heavy atom. The summed E-state index contributed by atoms with van der Waals surface area (Å²) in [5, 5.41) is 6.06. The Morgan fingerprint density at radius 1 is 1.07 bits per heavy atom. The van der Waals surface area contributed by atoms with Crippen molar-refractivity contribution in [2.45, 2.75) is 45.7 Å². The van der Waals surface area contributed by atoms with Gasteiger partial charge in [0.15, 0.2) is 5.58 Å². The van der Waals surface area contributed by atoms with Crippen molar-refractivity contribution in [2.24, 2.45) is 0 Å². The normalized spacial score (nSPS) is 12.3. The lowest BCUT2D eigenvalue weighted by molar-refractivity contribution is -0.137. The third kappa shape index (κ3) is 3.71. The van der Waals surface area contributed by atoms with E-state index in [-0.39, 0.29) is 0 Å². The molecule has 7 heteroatoms. The number of fused-ring (bicyclic) bond motifs is 2. The third-order valence-electron chi connectivity index (χ3n) is 5.23. The first-order valence-electron chi connectivity index (χ1n) is 9.53. The molecule has 0 aliphatic carbocycles. The van der Waals surface area contributed by atoms with Gasteiger partial charge in [0.05, 0.1) is 11.3 Å². The molecule has 0 saturated heterocycles. The monoisotopic (exact) mass is 418 g/mol. The second-order valence-electron chi connectivity index (χ2n) is 7.30. The number of hydrogen-bond donors (Lipinski definition) is 1. The Hall–Kier alpha value is -2.54. The van der Waals surface area contributed by atoms with Gasteiger partial charge < -0.3 is 10.3 Å². The van der Waals surface area contributed by atoms with E-state index >= 15 is 0 Å². The highest BCUT2D eigenvalue weighted by Gasteiger charge is 2.31. The van der Waals surface area contributed by atoms with Crippen LogP contribution in [0.1, 0.15) is 40.6 Å². The molecule has 0 saturated carbocycles. The molecule has 0 aliphatic heterocycles. The van der Waals surface area contributed by atoms with E-state index in [1.165, 1.54) is 23.5 Å². The van der Waals surface area contributed by atoms with Crippen molar-refractivity contribution in [2.75, 3.05) is 5.73 Å². The average Bonchev–Trinajstić information content (AvgIpc) is 3.21. The van der Waals surface area contributed by atoms with Gasteiger partial charge in [-0.15, -0.1) is 11.3 Å². The SMILES string of the molecule is CCCc1c(CCc2noc3cc(N)c(C)cc23)sc2cc(C(F)(F)F)ccc12. The summed E-state index contributed by atoms with van der Waals surface area (Å²) in [6, 6.07) is 7.81.